The molecule has 2 aromatic rings. The maximum Gasteiger partial charge on any atom is 0.411 e. The quantitative estimate of drug-likeness (QED) is 0.569. The van der Waals surface area contributed by atoms with Crippen molar-refractivity contribution in [1.29, 1.82) is 0 Å². The summed E-state index contributed by atoms with van der Waals surface area (Å²) in [5.41, 5.74) is 9.20. The number of nitrogens with two attached hydrogens (primary N) is 3. The number of hydrogen-bond acceptors (Lipinski definition) is 3. The van der Waals surface area contributed by atoms with Crippen LogP contribution in [-0.2, 0) is 5.41 Å². The molecule has 24 heavy (non-hydrogen) atoms. The summed E-state index contributed by atoms with van der Waals surface area (Å²) in [6.45, 7) is 0. The molecule has 0 spiro atoms. The zero-order valence-electron chi connectivity index (χ0n) is 12.0. The predicted molar refractivity (Wildman–Crippen MR) is 79.0 cm³/mol. The smallest absolute Gasteiger partial charge is 0.399 e. The molecule has 0 amide bonds. The van der Waals surface area contributed by atoms with Crippen LogP contribution in [0.4, 0.5) is 43.4 Å². The summed E-state index contributed by atoms with van der Waals surface area (Å²) >= 11 is 0. The summed E-state index contributed by atoms with van der Waals surface area (Å²) in [4.78, 5) is 0. The van der Waals surface area contributed by atoms with Crippen LogP contribution < -0.4 is 17.2 Å². The van der Waals surface area contributed by atoms with Crippen molar-refractivity contribution >= 4 is 17.1 Å². The molecule has 3 nitrogen and oxygen atoms in total. The molecule has 2 aromatic carbocycles. The Labute approximate surface area is 133 Å². The lowest BCUT2D eigenvalue weighted by Crippen LogP contribution is -2.54. The summed E-state index contributed by atoms with van der Waals surface area (Å²) in [5, 5.41) is 0. The Kier molecular flexibility index (Phi) is 4.07. The van der Waals surface area contributed by atoms with Crippen molar-refractivity contribution in [3.05, 3.63) is 53.6 Å². The average Bonchev–Trinajstić information content (AvgIpc) is 2.37. The zero-order chi connectivity index (χ0) is 18.3. The molecule has 0 aliphatic rings. The van der Waals surface area contributed by atoms with E-state index in [1.54, 1.807) is 0 Å². The highest BCUT2D eigenvalue weighted by molar-refractivity contribution is 5.59. The molecule has 0 bridgehead atoms. The van der Waals surface area contributed by atoms with Gasteiger partial charge in [0.2, 0.25) is 5.41 Å². The molecule has 0 radical (unpaired) electrons. The molecule has 0 unspecified atom stereocenters. The van der Waals surface area contributed by atoms with Crippen molar-refractivity contribution < 1.29 is 26.3 Å². The fourth-order valence-electron chi connectivity index (χ4n) is 2.61. The van der Waals surface area contributed by atoms with Crippen molar-refractivity contribution in [2.45, 2.75) is 17.8 Å². The van der Waals surface area contributed by atoms with E-state index in [2.05, 4.69) is 0 Å². The first-order valence-electron chi connectivity index (χ1n) is 6.55. The van der Waals surface area contributed by atoms with Gasteiger partial charge in [0.05, 0.1) is 0 Å². The van der Waals surface area contributed by atoms with Gasteiger partial charge in [-0.3, -0.25) is 0 Å². The van der Waals surface area contributed by atoms with Gasteiger partial charge >= 0.3 is 12.4 Å². The van der Waals surface area contributed by atoms with Gasteiger partial charge in [0.25, 0.3) is 0 Å². The van der Waals surface area contributed by atoms with Crippen LogP contribution in [0.25, 0.3) is 0 Å². The van der Waals surface area contributed by atoms with E-state index < -0.39 is 28.9 Å². The minimum Gasteiger partial charge on any atom is -0.399 e. The third-order valence-electron chi connectivity index (χ3n) is 3.60. The van der Waals surface area contributed by atoms with Crippen LogP contribution in [0.1, 0.15) is 11.1 Å². The molecule has 0 aliphatic carbocycles. The van der Waals surface area contributed by atoms with Gasteiger partial charge in [-0.1, -0.05) is 12.1 Å². The lowest BCUT2D eigenvalue weighted by atomic mass is 9.72. The maximum atomic E-state index is 13.8. The van der Waals surface area contributed by atoms with Gasteiger partial charge < -0.3 is 17.2 Å². The van der Waals surface area contributed by atoms with Gasteiger partial charge in [-0.25, -0.2) is 0 Å². The molecule has 130 valence electrons. The van der Waals surface area contributed by atoms with E-state index in [4.69, 9.17) is 17.2 Å². The second-order valence-electron chi connectivity index (χ2n) is 5.26. The second kappa shape index (κ2) is 5.50. The Balaban J connectivity index is 2.94. The van der Waals surface area contributed by atoms with Crippen LogP contribution >= 0.6 is 0 Å². The van der Waals surface area contributed by atoms with E-state index in [-0.39, 0.29) is 17.1 Å². The first-order chi connectivity index (χ1) is 10.9. The average molecular weight is 349 g/mol. The standard InChI is InChI=1S/C15H13F6N3/c16-14(17,18)13(15(19,20)21,8-1-3-10(22)4-2-8)9-5-11(23)7-12(24)6-9/h1-7H,22-24H2. The third kappa shape index (κ3) is 2.70. The molecule has 0 atom stereocenters. The Morgan fingerprint density at radius 1 is 0.542 bits per heavy atom. The topological polar surface area (TPSA) is 78.1 Å². The molecular formula is C15H13F6N3. The number of halogens is 6. The first-order valence-corrected chi connectivity index (χ1v) is 6.55. The Bertz CT molecular complexity index is 700. The maximum absolute atomic E-state index is 13.8. The van der Waals surface area contributed by atoms with Crippen LogP contribution in [0, 0.1) is 0 Å². The Morgan fingerprint density at radius 2 is 0.958 bits per heavy atom. The normalized spacial score (nSPS) is 13.1. The number of benzene rings is 2. The van der Waals surface area contributed by atoms with E-state index in [0.29, 0.717) is 24.3 Å². The Hall–Kier alpha value is -2.58. The molecule has 0 aromatic heterocycles. The molecular weight excluding hydrogens is 336 g/mol. The van der Waals surface area contributed by atoms with E-state index in [1.165, 1.54) is 0 Å². The summed E-state index contributed by atoms with van der Waals surface area (Å²) in [6, 6.07) is 5.63. The number of nitrogen functional groups attached to an aromatic ring is 3. The summed E-state index contributed by atoms with van der Waals surface area (Å²) in [6.07, 6.45) is -11.4. The third-order valence-corrected chi connectivity index (χ3v) is 3.60. The van der Waals surface area contributed by atoms with E-state index in [0.717, 1.165) is 18.2 Å². The minimum absolute atomic E-state index is 0.0316. The van der Waals surface area contributed by atoms with E-state index in [1.807, 2.05) is 0 Å². The fraction of sp³-hybridized carbons (Fsp3) is 0.200. The highest BCUT2D eigenvalue weighted by Gasteiger charge is 2.72. The van der Waals surface area contributed by atoms with Gasteiger partial charge in [0, 0.05) is 17.1 Å². The molecule has 0 fully saturated rings. The number of alkyl halides is 6. The van der Waals surface area contributed by atoms with Crippen LogP contribution in [0.2, 0.25) is 0 Å². The van der Waals surface area contributed by atoms with Crippen molar-refractivity contribution in [3.8, 4) is 0 Å². The monoisotopic (exact) mass is 349 g/mol. The number of rotatable bonds is 2. The summed E-state index contributed by atoms with van der Waals surface area (Å²) in [7, 11) is 0. The molecule has 0 saturated heterocycles. The van der Waals surface area contributed by atoms with Crippen molar-refractivity contribution in [2.24, 2.45) is 0 Å². The van der Waals surface area contributed by atoms with Gasteiger partial charge in [0.15, 0.2) is 0 Å². The number of anilines is 3. The summed E-state index contributed by atoms with van der Waals surface area (Å²) < 4.78 is 82.6. The van der Waals surface area contributed by atoms with Crippen molar-refractivity contribution in [3.63, 3.8) is 0 Å². The molecule has 9 heteroatoms. The SMILES string of the molecule is Nc1ccc(C(c2cc(N)cc(N)c2)(C(F)(F)F)C(F)(F)F)cc1. The van der Waals surface area contributed by atoms with Crippen molar-refractivity contribution in [1.82, 2.24) is 0 Å². The van der Waals surface area contributed by atoms with Crippen molar-refractivity contribution in [2.75, 3.05) is 17.2 Å². The molecule has 6 N–H and O–H groups in total. The van der Waals surface area contributed by atoms with E-state index >= 15 is 0 Å². The zero-order valence-corrected chi connectivity index (χ0v) is 12.0. The largest absolute Gasteiger partial charge is 0.411 e. The Morgan fingerprint density at radius 3 is 1.33 bits per heavy atom. The van der Waals surface area contributed by atoms with Gasteiger partial charge in [-0.05, 0) is 41.5 Å². The molecule has 0 saturated carbocycles. The fourth-order valence-corrected chi connectivity index (χ4v) is 2.61. The van der Waals surface area contributed by atoms with Gasteiger partial charge in [0.1, 0.15) is 0 Å². The number of hydrogen-bond donors (Lipinski definition) is 3. The van der Waals surface area contributed by atoms with Crippen LogP contribution in [0.15, 0.2) is 42.5 Å². The molecule has 0 aliphatic heterocycles. The summed E-state index contributed by atoms with van der Waals surface area (Å²) in [5.74, 6) is 0. The van der Waals surface area contributed by atoms with Crippen LogP contribution in [0.5, 0.6) is 0 Å². The van der Waals surface area contributed by atoms with Crippen LogP contribution in [-0.4, -0.2) is 12.4 Å². The lowest BCUT2D eigenvalue weighted by Gasteiger charge is -2.38. The predicted octanol–water partition coefficient (Wildman–Crippen LogP) is 3.84. The molecule has 0 heterocycles. The van der Waals surface area contributed by atoms with Gasteiger partial charge in [-0.15, -0.1) is 0 Å². The second-order valence-corrected chi connectivity index (χ2v) is 5.26. The highest BCUT2D eigenvalue weighted by atomic mass is 19.4. The minimum atomic E-state index is -5.69. The first kappa shape index (κ1) is 17.8. The lowest BCUT2D eigenvalue weighted by molar-refractivity contribution is -0.288. The highest BCUT2D eigenvalue weighted by Crippen LogP contribution is 2.56. The van der Waals surface area contributed by atoms with Gasteiger partial charge in [-0.2, -0.15) is 26.3 Å². The van der Waals surface area contributed by atoms with E-state index in [9.17, 15) is 26.3 Å². The molecule has 2 rings (SSSR count). The van der Waals surface area contributed by atoms with Crippen LogP contribution in [0.3, 0.4) is 0 Å².